The lowest BCUT2D eigenvalue weighted by atomic mass is 9.73. The van der Waals surface area contributed by atoms with Gasteiger partial charge in [0.15, 0.2) is 23.0 Å². The van der Waals surface area contributed by atoms with Crippen molar-refractivity contribution in [1.29, 1.82) is 0 Å². The molecule has 2 atom stereocenters. The fourth-order valence-electron chi connectivity index (χ4n) is 4.70. The molecule has 4 rings (SSSR count). The molecule has 1 aliphatic heterocycles. The molecule has 0 saturated heterocycles. The Kier molecular flexibility index (Phi) is 6.14. The number of allylic oxidation sites excluding steroid dienone is 2. The molecule has 2 aliphatic rings. The lowest BCUT2D eigenvalue weighted by molar-refractivity contribution is -0.386. The van der Waals surface area contributed by atoms with Gasteiger partial charge in [0.25, 0.3) is 0 Å². The van der Waals surface area contributed by atoms with Gasteiger partial charge < -0.3 is 24.6 Å². The number of benzene rings is 2. The molecule has 0 unspecified atom stereocenters. The van der Waals surface area contributed by atoms with Gasteiger partial charge >= 0.3 is 5.69 Å². The average Bonchev–Trinajstić information content (AvgIpc) is 2.82. The minimum absolute atomic E-state index is 0.0450. The maximum absolute atomic E-state index is 13.3. The fourth-order valence-corrected chi connectivity index (χ4v) is 4.70. The summed E-state index contributed by atoms with van der Waals surface area (Å²) >= 11 is 0. The van der Waals surface area contributed by atoms with Gasteiger partial charge in [0, 0.05) is 36.1 Å². The van der Waals surface area contributed by atoms with Crippen LogP contribution in [-0.2, 0) is 9.59 Å². The molecule has 0 fully saturated rings. The van der Waals surface area contributed by atoms with Gasteiger partial charge in [-0.05, 0) is 41.7 Å². The van der Waals surface area contributed by atoms with Gasteiger partial charge in [-0.3, -0.25) is 19.7 Å². The maximum Gasteiger partial charge on any atom is 0.314 e. The molecule has 10 heteroatoms. The summed E-state index contributed by atoms with van der Waals surface area (Å²) in [6.45, 7) is 0. The maximum atomic E-state index is 13.3. The molecule has 0 bridgehead atoms. The van der Waals surface area contributed by atoms with Gasteiger partial charge in [0.05, 0.1) is 26.3 Å². The number of carbonyl (C=O) groups is 2. The van der Waals surface area contributed by atoms with Crippen LogP contribution < -0.4 is 19.5 Å². The van der Waals surface area contributed by atoms with Crippen LogP contribution in [0, 0.1) is 10.1 Å². The van der Waals surface area contributed by atoms with Crippen molar-refractivity contribution in [2.24, 2.45) is 0 Å². The number of Topliss-reactive ketones (excluding diaryl/α,β-unsaturated/α-hetero) is 1. The lowest BCUT2D eigenvalue weighted by Gasteiger charge is -2.34. The first-order chi connectivity index (χ1) is 16.3. The Bertz CT molecular complexity index is 1220. The molecule has 1 heterocycles. The van der Waals surface area contributed by atoms with Crippen LogP contribution in [0.4, 0.5) is 5.69 Å². The van der Waals surface area contributed by atoms with Crippen LogP contribution in [0.3, 0.4) is 0 Å². The van der Waals surface area contributed by atoms with Gasteiger partial charge in [0.1, 0.15) is 0 Å². The molecule has 34 heavy (non-hydrogen) atoms. The first-order valence-corrected chi connectivity index (χ1v) is 10.6. The van der Waals surface area contributed by atoms with Crippen molar-refractivity contribution in [2.75, 3.05) is 21.3 Å². The Morgan fingerprint density at radius 3 is 2.26 bits per heavy atom. The number of amides is 1. The number of nitro groups is 1. The Morgan fingerprint density at radius 1 is 0.941 bits per heavy atom. The Hall–Kier alpha value is -4.08. The number of nitrogens with zero attached hydrogens (tertiary/aromatic N) is 1. The highest BCUT2D eigenvalue weighted by atomic mass is 16.6. The van der Waals surface area contributed by atoms with Crippen LogP contribution >= 0.6 is 0 Å². The van der Waals surface area contributed by atoms with Crippen LogP contribution in [0.5, 0.6) is 23.0 Å². The van der Waals surface area contributed by atoms with Crippen molar-refractivity contribution in [3.8, 4) is 23.0 Å². The summed E-state index contributed by atoms with van der Waals surface area (Å²) in [5.41, 5.74) is 1.62. The van der Waals surface area contributed by atoms with E-state index in [-0.39, 0.29) is 36.2 Å². The van der Waals surface area contributed by atoms with Crippen LogP contribution in [0.1, 0.15) is 42.2 Å². The highest BCUT2D eigenvalue weighted by molar-refractivity contribution is 6.02. The zero-order chi connectivity index (χ0) is 24.6. The summed E-state index contributed by atoms with van der Waals surface area (Å²) in [5, 5.41) is 24.4. The number of phenolic OH excluding ortho intramolecular Hbond substituents is 1. The number of nitrogens with one attached hydrogen (secondary N) is 1. The minimum Gasteiger partial charge on any atom is -0.500 e. The Morgan fingerprint density at radius 2 is 1.62 bits per heavy atom. The number of carbonyl (C=O) groups excluding carboxylic acids is 2. The number of phenols is 1. The number of nitro benzene ring substituents is 1. The summed E-state index contributed by atoms with van der Waals surface area (Å²) in [7, 11) is 4.35. The third-order valence-electron chi connectivity index (χ3n) is 6.31. The second-order valence-electron chi connectivity index (χ2n) is 8.19. The predicted molar refractivity (Wildman–Crippen MR) is 120 cm³/mol. The Labute approximate surface area is 195 Å². The predicted octanol–water partition coefficient (Wildman–Crippen LogP) is 3.33. The van der Waals surface area contributed by atoms with E-state index >= 15 is 0 Å². The summed E-state index contributed by atoms with van der Waals surface area (Å²) < 4.78 is 15.8. The normalized spacial score (nSPS) is 19.9. The number of aromatic hydroxyl groups is 1. The van der Waals surface area contributed by atoms with Crippen LogP contribution in [0.2, 0.25) is 0 Å². The fraction of sp³-hybridized carbons (Fsp3) is 0.333. The van der Waals surface area contributed by atoms with Gasteiger partial charge in [0.2, 0.25) is 11.7 Å². The molecule has 1 aliphatic carbocycles. The van der Waals surface area contributed by atoms with Crippen molar-refractivity contribution < 1.29 is 33.8 Å². The van der Waals surface area contributed by atoms with E-state index in [1.807, 2.05) is 12.1 Å². The van der Waals surface area contributed by atoms with Gasteiger partial charge in [-0.15, -0.1) is 0 Å². The topological polar surface area (TPSA) is 137 Å². The molecular formula is C24H24N2O8. The number of ketones is 1. The van der Waals surface area contributed by atoms with Crippen LogP contribution in [0.25, 0.3) is 0 Å². The van der Waals surface area contributed by atoms with Crippen molar-refractivity contribution >= 4 is 17.4 Å². The molecule has 10 nitrogen and oxygen atoms in total. The van der Waals surface area contributed by atoms with E-state index < -0.39 is 22.3 Å². The van der Waals surface area contributed by atoms with E-state index in [0.29, 0.717) is 34.8 Å². The quantitative estimate of drug-likeness (QED) is 0.486. The molecule has 2 aromatic rings. The van der Waals surface area contributed by atoms with E-state index in [4.69, 9.17) is 14.2 Å². The first-order valence-electron chi connectivity index (χ1n) is 10.6. The van der Waals surface area contributed by atoms with Crippen LogP contribution in [0.15, 0.2) is 41.6 Å². The lowest BCUT2D eigenvalue weighted by Crippen LogP contribution is -2.38. The van der Waals surface area contributed by atoms with Crippen LogP contribution in [-0.4, -0.2) is 43.0 Å². The third kappa shape index (κ3) is 4.02. The molecule has 0 radical (unpaired) electrons. The smallest absolute Gasteiger partial charge is 0.314 e. The molecule has 0 saturated carbocycles. The highest BCUT2D eigenvalue weighted by Gasteiger charge is 2.39. The summed E-state index contributed by atoms with van der Waals surface area (Å²) in [6, 6.07) is 8.08. The average molecular weight is 468 g/mol. The monoisotopic (exact) mass is 468 g/mol. The van der Waals surface area contributed by atoms with Gasteiger partial charge in [-0.1, -0.05) is 6.07 Å². The minimum atomic E-state index is -0.727. The zero-order valence-corrected chi connectivity index (χ0v) is 18.9. The largest absolute Gasteiger partial charge is 0.500 e. The van der Waals surface area contributed by atoms with E-state index in [1.165, 1.54) is 26.4 Å². The number of hydrogen-bond acceptors (Lipinski definition) is 8. The number of rotatable bonds is 6. The number of methoxy groups -OCH3 is 3. The molecule has 178 valence electrons. The van der Waals surface area contributed by atoms with E-state index in [0.717, 1.165) is 5.56 Å². The molecule has 1 amide bonds. The van der Waals surface area contributed by atoms with Crippen molar-refractivity contribution in [3.05, 3.63) is 62.8 Å². The van der Waals surface area contributed by atoms with Gasteiger partial charge in [-0.2, -0.15) is 0 Å². The van der Waals surface area contributed by atoms with E-state index in [9.17, 15) is 24.8 Å². The van der Waals surface area contributed by atoms with E-state index in [1.54, 1.807) is 13.2 Å². The van der Waals surface area contributed by atoms with Crippen molar-refractivity contribution in [2.45, 2.75) is 31.1 Å². The van der Waals surface area contributed by atoms with Crippen molar-refractivity contribution in [1.82, 2.24) is 5.32 Å². The molecule has 0 spiro atoms. The zero-order valence-electron chi connectivity index (χ0n) is 18.9. The summed E-state index contributed by atoms with van der Waals surface area (Å²) in [4.78, 5) is 36.6. The standard InChI is InChI=1S/C24H24N2O8/c1-32-19-5-4-12(9-20(19)33-2)13-6-16-23(18(27)8-13)15(11-22(28)25-16)14-7-17(26(30)31)24(29)21(10-14)34-3/h4-5,7,9-10,13,15,29H,6,8,11H2,1-3H3,(H,25,28)/t13-,15-/m1/s1. The Balaban J connectivity index is 1.75. The molecular weight excluding hydrogens is 444 g/mol. The molecule has 0 aromatic heterocycles. The second-order valence-corrected chi connectivity index (χ2v) is 8.19. The number of ether oxygens (including phenoxy) is 3. The first kappa shape index (κ1) is 23.1. The SMILES string of the molecule is COc1ccc([C@H]2CC(=O)C3=C(C2)NC(=O)C[C@@H]3c2cc(OC)c(O)c([N+](=O)[O-])c2)cc1OC. The summed E-state index contributed by atoms with van der Waals surface area (Å²) in [6.07, 6.45) is 0.574. The molecule has 2 N–H and O–H groups in total. The third-order valence-corrected chi connectivity index (χ3v) is 6.31. The second kappa shape index (κ2) is 9.05. The summed E-state index contributed by atoms with van der Waals surface area (Å²) in [5.74, 6) is -0.897. The number of hydrogen-bond donors (Lipinski definition) is 2. The van der Waals surface area contributed by atoms with Gasteiger partial charge in [-0.25, -0.2) is 0 Å². The van der Waals surface area contributed by atoms with E-state index in [2.05, 4.69) is 5.32 Å². The highest BCUT2D eigenvalue weighted by Crippen LogP contribution is 2.46. The van der Waals surface area contributed by atoms with Crippen molar-refractivity contribution in [3.63, 3.8) is 0 Å². The molecule has 2 aromatic carbocycles.